The van der Waals surface area contributed by atoms with Gasteiger partial charge in [-0.05, 0) is 66.3 Å². The molecule has 38 heavy (non-hydrogen) atoms. The first-order valence-corrected chi connectivity index (χ1v) is 11.0. The van der Waals surface area contributed by atoms with Crippen molar-refractivity contribution in [3.63, 3.8) is 0 Å². The van der Waals surface area contributed by atoms with Gasteiger partial charge in [-0.1, -0.05) is 24.3 Å². The first-order chi connectivity index (χ1) is 18.2. The van der Waals surface area contributed by atoms with Crippen LogP contribution in [0.3, 0.4) is 0 Å². The zero-order valence-corrected chi connectivity index (χ0v) is 20.1. The molecule has 14 heteroatoms. The van der Waals surface area contributed by atoms with Crippen LogP contribution in [0.15, 0.2) is 77.8 Å². The van der Waals surface area contributed by atoms with E-state index in [0.29, 0.717) is 11.3 Å². The summed E-state index contributed by atoms with van der Waals surface area (Å²) in [6.45, 7) is -0.657. The standard InChI is InChI=1S/C24H17N3O10S/c28-23(17-7-5-16(6-8-17)13-20(37-27(32)33)14-34-26(30)31)36-22-4-2-1-3-21(22)24(29)35-19-11-9-18(10-12-19)25-15-38/h1-12,20H,13-14H2. The molecule has 0 aliphatic carbocycles. The summed E-state index contributed by atoms with van der Waals surface area (Å²) in [6.07, 6.45) is -1.34. The highest BCUT2D eigenvalue weighted by molar-refractivity contribution is 7.78. The Labute approximate surface area is 219 Å². The van der Waals surface area contributed by atoms with Gasteiger partial charge in [-0.2, -0.15) is 4.99 Å². The lowest BCUT2D eigenvalue weighted by Gasteiger charge is -2.14. The Hall–Kier alpha value is -5.20. The van der Waals surface area contributed by atoms with Gasteiger partial charge in [0, 0.05) is 6.42 Å². The van der Waals surface area contributed by atoms with E-state index in [0.717, 1.165) is 0 Å². The zero-order valence-electron chi connectivity index (χ0n) is 19.3. The molecule has 3 rings (SSSR count). The monoisotopic (exact) mass is 539 g/mol. The fourth-order valence-corrected chi connectivity index (χ4v) is 3.22. The van der Waals surface area contributed by atoms with Crippen LogP contribution in [-0.4, -0.2) is 40.0 Å². The number of nitrogens with zero attached hydrogens (tertiary/aromatic N) is 3. The fraction of sp³-hybridized carbons (Fsp3) is 0.125. The van der Waals surface area contributed by atoms with E-state index in [-0.39, 0.29) is 29.0 Å². The van der Waals surface area contributed by atoms with Gasteiger partial charge in [0.15, 0.2) is 0 Å². The van der Waals surface area contributed by atoms with Gasteiger partial charge >= 0.3 is 11.9 Å². The van der Waals surface area contributed by atoms with Crippen LogP contribution in [0.2, 0.25) is 0 Å². The number of para-hydroxylation sites is 1. The maximum absolute atomic E-state index is 12.7. The van der Waals surface area contributed by atoms with E-state index in [1.54, 1.807) is 24.3 Å². The van der Waals surface area contributed by atoms with Crippen LogP contribution < -0.4 is 9.47 Å². The number of hydrogen-bond acceptors (Lipinski definition) is 12. The van der Waals surface area contributed by atoms with Crippen molar-refractivity contribution in [1.29, 1.82) is 0 Å². The molecule has 0 radical (unpaired) electrons. The maximum Gasteiger partial charge on any atom is 0.347 e. The minimum absolute atomic E-state index is 0.00372. The van der Waals surface area contributed by atoms with Crippen LogP contribution in [0.1, 0.15) is 26.3 Å². The van der Waals surface area contributed by atoms with Gasteiger partial charge in [-0.3, -0.25) is 0 Å². The van der Waals surface area contributed by atoms with Crippen molar-refractivity contribution >= 4 is 35.0 Å². The molecule has 0 bridgehead atoms. The van der Waals surface area contributed by atoms with E-state index >= 15 is 0 Å². The summed E-state index contributed by atoms with van der Waals surface area (Å²) in [5.41, 5.74) is 1.13. The lowest BCUT2D eigenvalue weighted by molar-refractivity contribution is -0.789. The van der Waals surface area contributed by atoms with E-state index in [2.05, 4.69) is 32.0 Å². The summed E-state index contributed by atoms with van der Waals surface area (Å²) in [5, 5.41) is 21.1. The smallest absolute Gasteiger partial charge is 0.347 e. The van der Waals surface area contributed by atoms with E-state index in [4.69, 9.17) is 9.47 Å². The lowest BCUT2D eigenvalue weighted by atomic mass is 10.1. The van der Waals surface area contributed by atoms with Gasteiger partial charge in [-0.25, -0.2) is 9.59 Å². The van der Waals surface area contributed by atoms with Crippen LogP contribution in [-0.2, 0) is 16.1 Å². The summed E-state index contributed by atoms with van der Waals surface area (Å²) in [6, 6.07) is 17.9. The van der Waals surface area contributed by atoms with Crippen molar-refractivity contribution in [3.8, 4) is 11.5 Å². The molecule has 1 unspecified atom stereocenters. The second-order valence-corrected chi connectivity index (χ2v) is 7.53. The molecule has 0 aromatic heterocycles. The Morgan fingerprint density at radius 2 is 1.58 bits per heavy atom. The second-order valence-electron chi connectivity index (χ2n) is 7.34. The molecular formula is C24H17N3O10S. The third-order valence-corrected chi connectivity index (χ3v) is 4.88. The van der Waals surface area contributed by atoms with E-state index in [1.165, 1.54) is 48.5 Å². The predicted octanol–water partition coefficient (Wildman–Crippen LogP) is 4.19. The Morgan fingerprint density at radius 3 is 2.21 bits per heavy atom. The summed E-state index contributed by atoms with van der Waals surface area (Å²) < 4.78 is 10.7. The highest BCUT2D eigenvalue weighted by atomic mass is 32.1. The highest BCUT2D eigenvalue weighted by Crippen LogP contribution is 2.24. The molecule has 0 aliphatic rings. The van der Waals surface area contributed by atoms with E-state index < -0.39 is 34.8 Å². The molecule has 3 aromatic carbocycles. The summed E-state index contributed by atoms with van der Waals surface area (Å²) >= 11 is 4.54. The van der Waals surface area contributed by atoms with Crippen molar-refractivity contribution in [3.05, 3.63) is 110 Å². The van der Waals surface area contributed by atoms with Crippen LogP contribution in [0.4, 0.5) is 5.69 Å². The second kappa shape index (κ2) is 13.2. The molecule has 0 fully saturated rings. The van der Waals surface area contributed by atoms with Crippen molar-refractivity contribution in [1.82, 2.24) is 0 Å². The molecule has 0 N–H and O–H groups in total. The number of rotatable bonds is 12. The minimum atomic E-state index is -1.24. The first-order valence-electron chi connectivity index (χ1n) is 10.6. The van der Waals surface area contributed by atoms with E-state index in [1.807, 2.05) is 0 Å². The van der Waals surface area contributed by atoms with Crippen molar-refractivity contribution in [2.75, 3.05) is 6.61 Å². The van der Waals surface area contributed by atoms with Crippen molar-refractivity contribution < 1.29 is 38.9 Å². The van der Waals surface area contributed by atoms with Crippen LogP contribution in [0, 0.1) is 20.2 Å². The van der Waals surface area contributed by atoms with Gasteiger partial charge in [0.1, 0.15) is 29.8 Å². The van der Waals surface area contributed by atoms with Gasteiger partial charge in [0.05, 0.1) is 16.4 Å². The molecule has 3 aromatic rings. The van der Waals surface area contributed by atoms with Gasteiger partial charge in [-0.15, -0.1) is 20.2 Å². The zero-order chi connectivity index (χ0) is 27.5. The maximum atomic E-state index is 12.7. The number of carbonyl (C=O) groups excluding carboxylic acids is 2. The predicted molar refractivity (Wildman–Crippen MR) is 132 cm³/mol. The quantitative estimate of drug-likeness (QED) is 0.0807. The van der Waals surface area contributed by atoms with Crippen molar-refractivity contribution in [2.45, 2.75) is 12.5 Å². The Bertz CT molecular complexity index is 1370. The Kier molecular flexibility index (Phi) is 9.52. The van der Waals surface area contributed by atoms with Gasteiger partial charge < -0.3 is 19.1 Å². The molecule has 1 atom stereocenters. The van der Waals surface area contributed by atoms with Crippen molar-refractivity contribution in [2.24, 2.45) is 4.99 Å². The molecule has 0 saturated heterocycles. The van der Waals surface area contributed by atoms with Crippen LogP contribution in [0.5, 0.6) is 11.5 Å². The van der Waals surface area contributed by atoms with E-state index in [9.17, 15) is 29.8 Å². The minimum Gasteiger partial charge on any atom is -0.423 e. The lowest BCUT2D eigenvalue weighted by Crippen LogP contribution is -2.26. The Balaban J connectivity index is 1.67. The normalized spacial score (nSPS) is 10.8. The summed E-state index contributed by atoms with van der Waals surface area (Å²) in [4.78, 5) is 58.8. The molecule has 0 saturated carbocycles. The number of hydrogen-bond donors (Lipinski definition) is 0. The van der Waals surface area contributed by atoms with Gasteiger partial charge in [0.2, 0.25) is 0 Å². The number of thiocarbonyl (C=S) groups is 1. The third-order valence-electron chi connectivity index (χ3n) is 4.79. The molecule has 194 valence electrons. The number of carbonyl (C=O) groups is 2. The topological polar surface area (TPSA) is 170 Å². The number of ether oxygens (including phenoxy) is 2. The average Bonchev–Trinajstić information content (AvgIpc) is 2.89. The third kappa shape index (κ3) is 8.19. The number of isothiocyanates is 1. The fourth-order valence-electron chi connectivity index (χ4n) is 3.12. The molecule has 13 nitrogen and oxygen atoms in total. The molecule has 0 spiro atoms. The van der Waals surface area contributed by atoms with Crippen LogP contribution >= 0.6 is 12.2 Å². The Morgan fingerprint density at radius 1 is 0.895 bits per heavy atom. The van der Waals surface area contributed by atoms with Crippen LogP contribution in [0.25, 0.3) is 0 Å². The summed E-state index contributed by atoms with van der Waals surface area (Å²) in [5.74, 6) is -1.35. The number of aliphatic imine (C=N–C) groups is 1. The van der Waals surface area contributed by atoms with Gasteiger partial charge in [0.25, 0.3) is 10.2 Å². The molecular weight excluding hydrogens is 522 g/mol. The molecule has 0 amide bonds. The number of esters is 2. The first kappa shape index (κ1) is 27.4. The molecule has 0 aliphatic heterocycles. The average molecular weight is 539 g/mol. The SMILES string of the molecule is O=C(Oc1ccccc1C(=O)Oc1ccc(N=C=S)cc1)c1ccc(CC(CO[N+](=O)[O-])O[N+](=O)[O-])cc1. The molecule has 0 heterocycles. The summed E-state index contributed by atoms with van der Waals surface area (Å²) in [7, 11) is 0. The highest BCUT2D eigenvalue weighted by Gasteiger charge is 2.20. The number of benzene rings is 3. The largest absolute Gasteiger partial charge is 0.423 e.